The van der Waals surface area contributed by atoms with Gasteiger partial charge in [-0.05, 0) is 59.1 Å². The Morgan fingerprint density at radius 1 is 0.632 bits per heavy atom. The molecule has 0 saturated heterocycles. The van der Waals surface area contributed by atoms with Crippen LogP contribution in [-0.4, -0.2) is 5.11 Å². The van der Waals surface area contributed by atoms with E-state index in [1.54, 1.807) is 18.2 Å². The van der Waals surface area contributed by atoms with Gasteiger partial charge in [0.15, 0.2) is 0 Å². The van der Waals surface area contributed by atoms with E-state index in [-0.39, 0.29) is 6.61 Å². The molecule has 1 nitrogen and oxygen atoms in total. The lowest BCUT2D eigenvalue weighted by Gasteiger charge is -2.23. The van der Waals surface area contributed by atoms with Crippen LogP contribution < -0.4 is 0 Å². The van der Waals surface area contributed by atoms with Gasteiger partial charge in [-0.1, -0.05) is 104 Å². The molecule has 0 atom stereocenters. The predicted octanol–water partition coefficient (Wildman–Crippen LogP) is 10.0. The van der Waals surface area contributed by atoms with Crippen LogP contribution in [0.25, 0.3) is 0 Å². The SMILES string of the molecule is FC(F)(F)c1cc(CBr)ccc1CC1CCCCC1.OCc1ccc(CC2CCCCC2)c(C(F)(F)F)c1. The molecule has 4 rings (SSSR count). The molecule has 2 aromatic carbocycles. The summed E-state index contributed by atoms with van der Waals surface area (Å²) < 4.78 is 78.4. The van der Waals surface area contributed by atoms with Gasteiger partial charge in [-0.25, -0.2) is 0 Å². The molecule has 0 aromatic heterocycles. The maximum atomic E-state index is 13.1. The first-order chi connectivity index (χ1) is 18.0. The second-order valence-electron chi connectivity index (χ2n) is 10.7. The van der Waals surface area contributed by atoms with Crippen molar-refractivity contribution in [3.05, 3.63) is 69.8 Å². The molecule has 2 aromatic rings. The zero-order valence-electron chi connectivity index (χ0n) is 21.6. The molecule has 2 saturated carbocycles. The maximum Gasteiger partial charge on any atom is 0.416 e. The number of halogens is 7. The van der Waals surface area contributed by atoms with Crippen molar-refractivity contribution >= 4 is 15.9 Å². The molecule has 0 radical (unpaired) electrons. The summed E-state index contributed by atoms with van der Waals surface area (Å²) in [7, 11) is 0. The lowest BCUT2D eigenvalue weighted by Crippen LogP contribution is -2.15. The van der Waals surface area contributed by atoms with E-state index in [0.29, 0.717) is 52.3 Å². The van der Waals surface area contributed by atoms with E-state index in [0.717, 1.165) is 57.4 Å². The highest BCUT2D eigenvalue weighted by Crippen LogP contribution is 2.37. The Morgan fingerprint density at radius 2 is 1.03 bits per heavy atom. The summed E-state index contributed by atoms with van der Waals surface area (Å²) in [5, 5.41) is 9.43. The van der Waals surface area contributed by atoms with Crippen molar-refractivity contribution in [1.29, 1.82) is 0 Å². The third-order valence-corrected chi connectivity index (χ3v) is 8.41. The van der Waals surface area contributed by atoms with E-state index >= 15 is 0 Å². The second kappa shape index (κ2) is 14.2. The minimum Gasteiger partial charge on any atom is -0.392 e. The standard InChI is InChI=1S/C15H18BrF3.C15H19F3O/c16-10-12-6-7-13(14(9-12)15(17,18)19)8-11-4-2-1-3-5-11;16-15(17,18)14-9-12(10-19)6-7-13(14)8-11-4-2-1-3-5-11/h6-7,9,11H,1-5,8,10H2;6-7,9,11,19H,1-5,8,10H2. The van der Waals surface area contributed by atoms with Crippen LogP contribution in [0.15, 0.2) is 36.4 Å². The fourth-order valence-corrected chi connectivity index (χ4v) is 6.07. The zero-order valence-corrected chi connectivity index (χ0v) is 23.2. The summed E-state index contributed by atoms with van der Waals surface area (Å²) in [6, 6.07) is 8.94. The van der Waals surface area contributed by atoms with Gasteiger partial charge in [-0.15, -0.1) is 0 Å². The molecule has 2 aliphatic rings. The van der Waals surface area contributed by atoms with Gasteiger partial charge in [0.25, 0.3) is 0 Å². The lowest BCUT2D eigenvalue weighted by molar-refractivity contribution is -0.139. The van der Waals surface area contributed by atoms with Crippen LogP contribution in [0.2, 0.25) is 0 Å². The third kappa shape index (κ3) is 9.29. The molecule has 0 bridgehead atoms. The van der Waals surface area contributed by atoms with Crippen molar-refractivity contribution in [2.24, 2.45) is 11.8 Å². The van der Waals surface area contributed by atoms with Crippen LogP contribution in [-0.2, 0) is 37.1 Å². The number of aliphatic hydroxyl groups is 1. The first kappa shape index (κ1) is 31.0. The summed E-state index contributed by atoms with van der Waals surface area (Å²) in [4.78, 5) is 0. The molecule has 0 heterocycles. The predicted molar refractivity (Wildman–Crippen MR) is 142 cm³/mol. The molecule has 38 heavy (non-hydrogen) atoms. The molecule has 0 amide bonds. The van der Waals surface area contributed by atoms with Gasteiger partial charge < -0.3 is 5.11 Å². The fourth-order valence-electron chi connectivity index (χ4n) is 5.72. The molecule has 1 N–H and O–H groups in total. The van der Waals surface area contributed by atoms with Crippen LogP contribution in [0.3, 0.4) is 0 Å². The van der Waals surface area contributed by atoms with Gasteiger partial charge in [0.2, 0.25) is 0 Å². The Balaban J connectivity index is 0.000000211. The lowest BCUT2D eigenvalue weighted by atomic mass is 9.83. The Hall–Kier alpha value is -1.54. The molecule has 212 valence electrons. The van der Waals surface area contributed by atoms with Crippen LogP contribution >= 0.6 is 15.9 Å². The molecule has 0 spiro atoms. The van der Waals surface area contributed by atoms with Crippen LogP contribution in [0.1, 0.15) is 97.6 Å². The summed E-state index contributed by atoms with van der Waals surface area (Å²) in [5.74, 6) is 0.791. The minimum absolute atomic E-state index is 0.319. The topological polar surface area (TPSA) is 20.2 Å². The van der Waals surface area contributed by atoms with Gasteiger partial charge in [0.1, 0.15) is 0 Å². The molecule has 0 unspecified atom stereocenters. The van der Waals surface area contributed by atoms with Crippen molar-refractivity contribution in [3.8, 4) is 0 Å². The Morgan fingerprint density at radius 3 is 1.39 bits per heavy atom. The van der Waals surface area contributed by atoms with Gasteiger partial charge in [0.05, 0.1) is 17.7 Å². The molecular weight excluding hydrogens is 570 g/mol. The van der Waals surface area contributed by atoms with E-state index in [2.05, 4.69) is 15.9 Å². The quantitative estimate of drug-likeness (QED) is 0.256. The third-order valence-electron chi connectivity index (χ3n) is 7.76. The van der Waals surface area contributed by atoms with Crippen molar-refractivity contribution in [1.82, 2.24) is 0 Å². The molecule has 2 fully saturated rings. The first-order valence-corrected chi connectivity index (χ1v) is 14.7. The monoisotopic (exact) mass is 606 g/mol. The van der Waals surface area contributed by atoms with E-state index in [1.807, 2.05) is 0 Å². The maximum absolute atomic E-state index is 13.1. The highest BCUT2D eigenvalue weighted by atomic mass is 79.9. The molecular formula is C30H37BrF6O. The van der Waals surface area contributed by atoms with Crippen molar-refractivity contribution in [3.63, 3.8) is 0 Å². The Bertz CT molecular complexity index is 923. The average Bonchev–Trinajstić information content (AvgIpc) is 2.89. The van der Waals surface area contributed by atoms with E-state index in [4.69, 9.17) is 5.11 Å². The molecule has 8 heteroatoms. The van der Waals surface area contributed by atoms with Crippen LogP contribution in [0, 0.1) is 11.8 Å². The van der Waals surface area contributed by atoms with Crippen molar-refractivity contribution < 1.29 is 31.4 Å². The number of hydrogen-bond donors (Lipinski definition) is 1. The van der Waals surface area contributed by atoms with Gasteiger partial charge in [0, 0.05) is 5.33 Å². The second-order valence-corrected chi connectivity index (χ2v) is 11.2. The fraction of sp³-hybridized carbons (Fsp3) is 0.600. The number of hydrogen-bond acceptors (Lipinski definition) is 1. The van der Waals surface area contributed by atoms with Gasteiger partial charge in [-0.2, -0.15) is 26.3 Å². The van der Waals surface area contributed by atoms with Crippen molar-refractivity contribution in [2.45, 2.75) is 101 Å². The zero-order chi connectivity index (χ0) is 27.8. The average molecular weight is 608 g/mol. The highest BCUT2D eigenvalue weighted by Gasteiger charge is 2.35. The minimum atomic E-state index is -4.34. The normalized spacial score (nSPS) is 17.7. The number of alkyl halides is 7. The first-order valence-electron chi connectivity index (χ1n) is 13.6. The van der Waals surface area contributed by atoms with Gasteiger partial charge in [-0.3, -0.25) is 0 Å². The van der Waals surface area contributed by atoms with Gasteiger partial charge >= 0.3 is 12.4 Å². The molecule has 0 aliphatic heterocycles. The summed E-state index contributed by atoms with van der Waals surface area (Å²) in [6.07, 6.45) is 3.66. The van der Waals surface area contributed by atoms with Crippen LogP contribution in [0.4, 0.5) is 26.3 Å². The summed E-state index contributed by atoms with van der Waals surface area (Å²) in [6.45, 7) is -0.354. The number of benzene rings is 2. The summed E-state index contributed by atoms with van der Waals surface area (Å²) >= 11 is 3.21. The Labute approximate surface area is 230 Å². The highest BCUT2D eigenvalue weighted by molar-refractivity contribution is 9.08. The summed E-state index contributed by atoms with van der Waals surface area (Å²) in [5.41, 5.74) is 0.805. The van der Waals surface area contributed by atoms with Crippen molar-refractivity contribution in [2.75, 3.05) is 0 Å². The van der Waals surface area contributed by atoms with E-state index in [9.17, 15) is 26.3 Å². The number of aliphatic hydroxyl groups excluding tert-OH is 1. The largest absolute Gasteiger partial charge is 0.416 e. The van der Waals surface area contributed by atoms with E-state index in [1.165, 1.54) is 25.0 Å². The van der Waals surface area contributed by atoms with Crippen LogP contribution in [0.5, 0.6) is 0 Å². The van der Waals surface area contributed by atoms with E-state index < -0.39 is 23.5 Å². The number of rotatable bonds is 6. The Kier molecular flexibility index (Phi) is 11.6. The smallest absolute Gasteiger partial charge is 0.392 e. The molecule has 2 aliphatic carbocycles.